The van der Waals surface area contributed by atoms with Gasteiger partial charge in [0, 0.05) is 57.1 Å². The van der Waals surface area contributed by atoms with E-state index in [9.17, 15) is 9.59 Å². The number of nitrogens with zero attached hydrogens (tertiary/aromatic N) is 6. The number of para-hydroxylation sites is 1. The highest BCUT2D eigenvalue weighted by Gasteiger charge is 2.37. The lowest BCUT2D eigenvalue weighted by atomic mass is 9.75. The maximum Gasteiger partial charge on any atom is 0.265 e. The summed E-state index contributed by atoms with van der Waals surface area (Å²) < 4.78 is 6.55. The van der Waals surface area contributed by atoms with Gasteiger partial charge in [0.05, 0.1) is 30.1 Å². The van der Waals surface area contributed by atoms with Crippen LogP contribution < -0.4 is 9.64 Å². The summed E-state index contributed by atoms with van der Waals surface area (Å²) in [6, 6.07) is 17.7. The van der Waals surface area contributed by atoms with E-state index >= 15 is 0 Å². The molecule has 4 aromatic rings. The van der Waals surface area contributed by atoms with Crippen molar-refractivity contribution in [3.63, 3.8) is 0 Å². The summed E-state index contributed by atoms with van der Waals surface area (Å²) in [7, 11) is 0. The Hall–Kier alpha value is -4.31. The van der Waals surface area contributed by atoms with Crippen LogP contribution in [0.3, 0.4) is 0 Å². The van der Waals surface area contributed by atoms with Crippen LogP contribution in [0, 0.1) is 5.41 Å². The molecule has 0 unspecified atom stereocenters. The predicted molar refractivity (Wildman–Crippen MR) is 166 cm³/mol. The third-order valence-corrected chi connectivity index (χ3v) is 9.32. The van der Waals surface area contributed by atoms with Crippen LogP contribution in [-0.2, 0) is 6.54 Å². The van der Waals surface area contributed by atoms with Gasteiger partial charge in [-0.05, 0) is 43.4 Å². The molecule has 2 aromatic heterocycles. The number of fused-ring (bicyclic) bond motifs is 1. The van der Waals surface area contributed by atoms with Gasteiger partial charge >= 0.3 is 0 Å². The van der Waals surface area contributed by atoms with E-state index < -0.39 is 0 Å². The van der Waals surface area contributed by atoms with Gasteiger partial charge in [-0.15, -0.1) is 11.3 Å². The Kier molecular flexibility index (Phi) is 8.93. The van der Waals surface area contributed by atoms with Crippen LogP contribution in [0.1, 0.15) is 51.3 Å². The van der Waals surface area contributed by atoms with Crippen molar-refractivity contribution in [1.82, 2.24) is 24.8 Å². The highest BCUT2D eigenvalue weighted by atomic mass is 32.1. The normalized spacial score (nSPS) is 17.8. The molecule has 43 heavy (non-hydrogen) atoms. The van der Waals surface area contributed by atoms with E-state index in [1.165, 1.54) is 11.3 Å². The first-order valence-electron chi connectivity index (χ1n) is 14.8. The number of thiazole rings is 1. The number of amides is 2. The zero-order valence-corrected chi connectivity index (χ0v) is 25.0. The summed E-state index contributed by atoms with van der Waals surface area (Å²) in [6.07, 6.45) is 10.4. The number of aromatic nitrogens is 3. The molecule has 2 aromatic carbocycles. The Bertz CT molecular complexity index is 1490. The average molecular weight is 597 g/mol. The van der Waals surface area contributed by atoms with E-state index in [0.717, 1.165) is 43.6 Å². The molecule has 0 bridgehead atoms. The van der Waals surface area contributed by atoms with Gasteiger partial charge in [-0.25, -0.2) is 4.98 Å². The SMILES string of the molecule is O=C(c1cncs1)N1CCC2(CCCN(c3cnccn3)CCN(Cc3ccccc3)C(=O)c3ccccc3OC2)CC1. The number of carbonyl (C=O) groups is 2. The maximum absolute atomic E-state index is 14.1. The molecule has 222 valence electrons. The summed E-state index contributed by atoms with van der Waals surface area (Å²) in [5.74, 6) is 1.40. The highest BCUT2D eigenvalue weighted by molar-refractivity contribution is 7.11. The van der Waals surface area contributed by atoms with Gasteiger partial charge in [-0.2, -0.15) is 0 Å². The standard InChI is InChI=1S/C33H36N6O3S/c40-31-27-9-4-5-10-28(27)42-24-33(12-17-38(18-13-33)32(41)29-21-35-25-43-29)11-6-16-37(30-22-34-14-15-36-30)19-20-39(31)23-26-7-2-1-3-8-26/h1-5,7-10,14-15,21-22,25H,6,11-13,16-20,23-24H2. The molecule has 2 aliphatic rings. The number of piperidine rings is 1. The fourth-order valence-corrected chi connectivity index (χ4v) is 6.62. The zero-order chi connectivity index (χ0) is 29.5. The maximum atomic E-state index is 14.1. The van der Waals surface area contributed by atoms with Crippen LogP contribution in [0.2, 0.25) is 0 Å². The molecule has 2 aliphatic heterocycles. The number of likely N-dealkylation sites (tertiary alicyclic amines) is 1. The minimum absolute atomic E-state index is 0.0474. The first-order chi connectivity index (χ1) is 21.1. The molecule has 0 saturated carbocycles. The molecule has 10 heteroatoms. The number of carbonyl (C=O) groups excluding carboxylic acids is 2. The highest BCUT2D eigenvalue weighted by Crippen LogP contribution is 2.38. The van der Waals surface area contributed by atoms with Crippen molar-refractivity contribution in [3.8, 4) is 5.75 Å². The van der Waals surface area contributed by atoms with Crippen LogP contribution in [0.5, 0.6) is 5.75 Å². The number of hydrogen-bond acceptors (Lipinski definition) is 8. The van der Waals surface area contributed by atoms with Crippen LogP contribution in [0.15, 0.2) is 84.9 Å². The van der Waals surface area contributed by atoms with Crippen LogP contribution in [0.25, 0.3) is 0 Å². The van der Waals surface area contributed by atoms with Crippen LogP contribution in [0.4, 0.5) is 5.82 Å². The molecule has 1 saturated heterocycles. The lowest BCUT2D eigenvalue weighted by Gasteiger charge is -2.42. The second kappa shape index (κ2) is 13.3. The number of hydrogen-bond donors (Lipinski definition) is 0. The Morgan fingerprint density at radius 2 is 1.70 bits per heavy atom. The molecule has 0 N–H and O–H groups in total. The lowest BCUT2D eigenvalue weighted by Crippen LogP contribution is -2.45. The molecule has 0 aliphatic carbocycles. The van der Waals surface area contributed by atoms with Crippen molar-refractivity contribution in [2.24, 2.45) is 5.41 Å². The van der Waals surface area contributed by atoms with Crippen molar-refractivity contribution >= 4 is 29.0 Å². The molecular formula is C33H36N6O3S. The average Bonchev–Trinajstić information content (AvgIpc) is 3.61. The minimum atomic E-state index is -0.119. The van der Waals surface area contributed by atoms with Crippen molar-refractivity contribution in [3.05, 3.63) is 101 Å². The quantitative estimate of drug-likeness (QED) is 0.321. The van der Waals surface area contributed by atoms with Crippen molar-refractivity contribution < 1.29 is 14.3 Å². The smallest absolute Gasteiger partial charge is 0.265 e. The first kappa shape index (κ1) is 28.8. The zero-order valence-electron chi connectivity index (χ0n) is 24.2. The Morgan fingerprint density at radius 1 is 0.884 bits per heavy atom. The molecular weight excluding hydrogens is 560 g/mol. The van der Waals surface area contributed by atoms with Gasteiger partial charge in [0.2, 0.25) is 0 Å². The third kappa shape index (κ3) is 6.85. The minimum Gasteiger partial charge on any atom is -0.492 e. The van der Waals surface area contributed by atoms with Gasteiger partial charge in [0.1, 0.15) is 16.4 Å². The topological polar surface area (TPSA) is 91.8 Å². The van der Waals surface area contributed by atoms with Gasteiger partial charge in [-0.3, -0.25) is 19.6 Å². The summed E-state index contributed by atoms with van der Waals surface area (Å²) in [5, 5.41) is 0. The van der Waals surface area contributed by atoms with Crippen LogP contribution >= 0.6 is 11.3 Å². The van der Waals surface area contributed by atoms with E-state index in [2.05, 4.69) is 19.9 Å². The van der Waals surface area contributed by atoms with Gasteiger partial charge in [0.25, 0.3) is 11.8 Å². The fraction of sp³-hybridized carbons (Fsp3) is 0.364. The van der Waals surface area contributed by atoms with E-state index in [1.54, 1.807) is 30.3 Å². The number of rotatable bonds is 4. The molecule has 9 nitrogen and oxygen atoms in total. The van der Waals surface area contributed by atoms with Gasteiger partial charge in [-0.1, -0.05) is 42.5 Å². The van der Waals surface area contributed by atoms with E-state index in [-0.39, 0.29) is 17.2 Å². The van der Waals surface area contributed by atoms with E-state index in [4.69, 9.17) is 4.74 Å². The van der Waals surface area contributed by atoms with Gasteiger partial charge in [0.15, 0.2) is 0 Å². The molecule has 1 spiro atoms. The van der Waals surface area contributed by atoms with Crippen molar-refractivity contribution in [1.29, 1.82) is 0 Å². The monoisotopic (exact) mass is 596 g/mol. The second-order valence-corrected chi connectivity index (χ2v) is 12.2. The molecule has 4 heterocycles. The summed E-state index contributed by atoms with van der Waals surface area (Å²) in [6.45, 7) is 4.26. The number of anilines is 1. The van der Waals surface area contributed by atoms with Crippen molar-refractivity contribution in [2.75, 3.05) is 44.2 Å². The third-order valence-electron chi connectivity index (χ3n) is 8.56. The van der Waals surface area contributed by atoms with Crippen molar-refractivity contribution in [2.45, 2.75) is 32.2 Å². The summed E-state index contributed by atoms with van der Waals surface area (Å²) >= 11 is 1.38. The van der Waals surface area contributed by atoms with E-state index in [1.807, 2.05) is 64.4 Å². The fourth-order valence-electron chi connectivity index (χ4n) is 6.04. The van der Waals surface area contributed by atoms with Crippen LogP contribution in [-0.4, -0.2) is 75.9 Å². The molecule has 0 atom stereocenters. The molecule has 2 amide bonds. The number of benzene rings is 2. The summed E-state index contributed by atoms with van der Waals surface area (Å²) in [5.41, 5.74) is 3.22. The predicted octanol–water partition coefficient (Wildman–Crippen LogP) is 5.18. The second-order valence-electron chi connectivity index (χ2n) is 11.3. The van der Waals surface area contributed by atoms with E-state index in [0.29, 0.717) is 55.5 Å². The Labute approximate surface area is 256 Å². The largest absolute Gasteiger partial charge is 0.492 e. The Balaban J connectivity index is 1.28. The molecule has 6 rings (SSSR count). The number of ether oxygens (including phenoxy) is 1. The molecule has 0 radical (unpaired) electrons. The first-order valence-corrected chi connectivity index (χ1v) is 15.7. The Morgan fingerprint density at radius 3 is 2.47 bits per heavy atom. The lowest BCUT2D eigenvalue weighted by molar-refractivity contribution is 0.0366. The summed E-state index contributed by atoms with van der Waals surface area (Å²) in [4.78, 5) is 46.9. The molecule has 1 fully saturated rings. The van der Waals surface area contributed by atoms with Gasteiger partial charge < -0.3 is 19.4 Å².